The second kappa shape index (κ2) is 11.2. The number of pyridine rings is 1. The molecule has 2 amide bonds. The van der Waals surface area contributed by atoms with Gasteiger partial charge in [0.15, 0.2) is 11.6 Å². The molecule has 0 radical (unpaired) electrons. The summed E-state index contributed by atoms with van der Waals surface area (Å²) in [7, 11) is 0. The van der Waals surface area contributed by atoms with Gasteiger partial charge in [-0.05, 0) is 60.9 Å². The van der Waals surface area contributed by atoms with Crippen molar-refractivity contribution in [3.05, 3.63) is 65.7 Å². The molecule has 4 rings (SSSR count). The Labute approximate surface area is 218 Å². The molecule has 0 spiro atoms. The van der Waals surface area contributed by atoms with E-state index in [1.807, 2.05) is 39.0 Å². The molecule has 1 unspecified atom stereocenters. The van der Waals surface area contributed by atoms with E-state index in [0.717, 1.165) is 18.4 Å². The number of urea groups is 1. The van der Waals surface area contributed by atoms with Crippen LogP contribution in [0.1, 0.15) is 75.7 Å². The number of anilines is 2. The van der Waals surface area contributed by atoms with Crippen molar-refractivity contribution in [2.24, 2.45) is 11.8 Å². The number of nitrogens with one attached hydrogen (secondary N) is 2. The first-order valence-electron chi connectivity index (χ1n) is 12.9. The lowest BCUT2D eigenvalue weighted by molar-refractivity contribution is 0.0988. The number of hydrogen-bond acceptors (Lipinski definition) is 6. The van der Waals surface area contributed by atoms with Gasteiger partial charge in [0.05, 0.1) is 12.3 Å². The molecule has 0 aliphatic heterocycles. The van der Waals surface area contributed by atoms with Crippen LogP contribution in [0.3, 0.4) is 0 Å². The van der Waals surface area contributed by atoms with Crippen LogP contribution >= 0.6 is 0 Å². The summed E-state index contributed by atoms with van der Waals surface area (Å²) in [5, 5.41) is 9.29. The van der Waals surface area contributed by atoms with Crippen molar-refractivity contribution < 1.29 is 18.8 Å². The van der Waals surface area contributed by atoms with E-state index in [9.17, 15) is 9.59 Å². The zero-order chi connectivity index (χ0) is 26.6. The molecular weight excluding hydrogens is 468 g/mol. The molecule has 37 heavy (non-hydrogen) atoms. The van der Waals surface area contributed by atoms with Crippen LogP contribution in [0.4, 0.5) is 16.3 Å². The third-order valence-corrected chi connectivity index (χ3v) is 6.76. The number of Topliss-reactive ketones (excluding diaryl/α,β-unsaturated/α-hetero) is 1. The third-order valence-electron chi connectivity index (χ3n) is 6.76. The maximum Gasteiger partial charge on any atom is 0.324 e. The number of hydrogen-bond donors (Lipinski definition) is 2. The van der Waals surface area contributed by atoms with Crippen LogP contribution in [0.2, 0.25) is 0 Å². The third kappa shape index (κ3) is 7.18. The quantitative estimate of drug-likeness (QED) is 0.333. The average Bonchev–Trinajstić information content (AvgIpc) is 3.51. The molecule has 196 valence electrons. The first-order chi connectivity index (χ1) is 17.6. The highest BCUT2D eigenvalue weighted by molar-refractivity contribution is 5.99. The highest BCUT2D eigenvalue weighted by Gasteiger charge is 2.28. The van der Waals surface area contributed by atoms with Crippen molar-refractivity contribution in [3.63, 3.8) is 0 Å². The number of amides is 2. The topological polar surface area (TPSA) is 106 Å². The Bertz CT molecular complexity index is 1210. The van der Waals surface area contributed by atoms with Crippen LogP contribution in [0.15, 0.2) is 53.2 Å². The molecule has 2 heterocycles. The van der Waals surface area contributed by atoms with Crippen LogP contribution < -0.4 is 15.4 Å². The van der Waals surface area contributed by atoms with Gasteiger partial charge in [-0.25, -0.2) is 9.78 Å². The predicted octanol–water partition coefficient (Wildman–Crippen LogP) is 6.64. The van der Waals surface area contributed by atoms with Gasteiger partial charge in [-0.1, -0.05) is 51.9 Å². The van der Waals surface area contributed by atoms with E-state index in [-0.39, 0.29) is 23.7 Å². The molecule has 1 aromatic carbocycles. The molecule has 1 aliphatic carbocycles. The van der Waals surface area contributed by atoms with Gasteiger partial charge in [-0.15, -0.1) is 0 Å². The highest BCUT2D eigenvalue weighted by atomic mass is 16.5. The average molecular weight is 505 g/mol. The van der Waals surface area contributed by atoms with E-state index in [2.05, 4.69) is 34.6 Å². The molecule has 0 saturated heterocycles. The largest absolute Gasteiger partial charge is 0.489 e. The highest BCUT2D eigenvalue weighted by Crippen LogP contribution is 2.33. The van der Waals surface area contributed by atoms with Crippen LogP contribution in [0.25, 0.3) is 0 Å². The van der Waals surface area contributed by atoms with Gasteiger partial charge in [-0.3, -0.25) is 10.1 Å². The molecule has 3 aromatic rings. The van der Waals surface area contributed by atoms with Crippen molar-refractivity contribution >= 4 is 23.3 Å². The molecule has 2 atom stereocenters. The zero-order valence-electron chi connectivity index (χ0n) is 22.2. The van der Waals surface area contributed by atoms with Crippen molar-refractivity contribution in [3.8, 4) is 5.75 Å². The number of carbonyl (C=O) groups excluding carboxylic acids is 2. The Balaban J connectivity index is 1.26. The first kappa shape index (κ1) is 26.4. The van der Waals surface area contributed by atoms with E-state index < -0.39 is 6.03 Å². The predicted molar refractivity (Wildman–Crippen MR) is 143 cm³/mol. The summed E-state index contributed by atoms with van der Waals surface area (Å²) in [5.74, 6) is 3.05. The van der Waals surface area contributed by atoms with Gasteiger partial charge in [0.25, 0.3) is 0 Å². The molecule has 0 bridgehead atoms. The monoisotopic (exact) mass is 504 g/mol. The van der Waals surface area contributed by atoms with Crippen LogP contribution in [0.5, 0.6) is 5.75 Å². The van der Waals surface area contributed by atoms with E-state index in [1.54, 1.807) is 30.5 Å². The number of ketones is 1. The number of benzene rings is 1. The SMILES string of the molecule is CC(C)C1CC[C@@H](Oc2ccc(C(=O)Cc3ccc(NC(=O)Nc4cc(C(C)(C)C)on4)cc3)nc2)C1. The van der Waals surface area contributed by atoms with Crippen LogP contribution in [0, 0.1) is 11.8 Å². The minimum atomic E-state index is -0.429. The lowest BCUT2D eigenvalue weighted by Crippen LogP contribution is -2.19. The normalized spacial score (nSPS) is 17.6. The Morgan fingerprint density at radius 1 is 1.08 bits per heavy atom. The van der Waals surface area contributed by atoms with Gasteiger partial charge >= 0.3 is 6.03 Å². The lowest BCUT2D eigenvalue weighted by atomic mass is 9.93. The molecule has 1 fully saturated rings. The van der Waals surface area contributed by atoms with Gasteiger partial charge in [-0.2, -0.15) is 0 Å². The molecular formula is C29H36N4O4. The van der Waals surface area contributed by atoms with Crippen LogP contribution in [-0.4, -0.2) is 28.1 Å². The summed E-state index contributed by atoms with van der Waals surface area (Å²) in [4.78, 5) is 29.4. The fourth-order valence-electron chi connectivity index (χ4n) is 4.44. The Morgan fingerprint density at radius 3 is 2.43 bits per heavy atom. The van der Waals surface area contributed by atoms with Gasteiger partial charge in [0, 0.05) is 23.6 Å². The minimum Gasteiger partial charge on any atom is -0.489 e. The standard InChI is InChI=1S/C29H36N4O4/c1-18(2)20-8-11-22(15-20)36-23-12-13-24(30-17-23)25(34)14-19-6-9-21(10-7-19)31-28(35)32-27-16-26(37-33-27)29(3,4)5/h6-7,9-10,12-13,16-18,20,22H,8,11,14-15H2,1-5H3,(H2,31,32,33,35)/t20?,22-/m1/s1. The summed E-state index contributed by atoms with van der Waals surface area (Å²) >= 11 is 0. The molecule has 8 nitrogen and oxygen atoms in total. The maximum absolute atomic E-state index is 12.7. The van der Waals surface area contributed by atoms with Crippen molar-refractivity contribution in [2.45, 2.75) is 71.8 Å². The Kier molecular flexibility index (Phi) is 7.95. The minimum absolute atomic E-state index is 0.0774. The zero-order valence-corrected chi connectivity index (χ0v) is 22.2. The fourth-order valence-corrected chi connectivity index (χ4v) is 4.44. The molecule has 1 saturated carbocycles. The van der Waals surface area contributed by atoms with E-state index in [4.69, 9.17) is 9.26 Å². The fraction of sp³-hybridized carbons (Fsp3) is 0.448. The van der Waals surface area contributed by atoms with Gasteiger partial charge in [0.1, 0.15) is 17.2 Å². The van der Waals surface area contributed by atoms with E-state index >= 15 is 0 Å². The summed E-state index contributed by atoms with van der Waals surface area (Å²) in [6, 6.07) is 12.0. The van der Waals surface area contributed by atoms with E-state index in [1.165, 1.54) is 6.42 Å². The van der Waals surface area contributed by atoms with Gasteiger partial charge < -0.3 is 14.6 Å². The molecule has 8 heteroatoms. The maximum atomic E-state index is 12.7. The number of aromatic nitrogens is 2. The Morgan fingerprint density at radius 2 is 1.84 bits per heavy atom. The summed E-state index contributed by atoms with van der Waals surface area (Å²) in [6.07, 6.45) is 5.41. The smallest absolute Gasteiger partial charge is 0.324 e. The van der Waals surface area contributed by atoms with Crippen LogP contribution in [-0.2, 0) is 11.8 Å². The van der Waals surface area contributed by atoms with Crippen molar-refractivity contribution in [1.29, 1.82) is 0 Å². The molecule has 2 aromatic heterocycles. The van der Waals surface area contributed by atoms with Crippen molar-refractivity contribution in [1.82, 2.24) is 10.1 Å². The molecule has 2 N–H and O–H groups in total. The first-order valence-corrected chi connectivity index (χ1v) is 12.9. The number of rotatable bonds is 8. The lowest BCUT2D eigenvalue weighted by Gasteiger charge is -2.16. The summed E-state index contributed by atoms with van der Waals surface area (Å²) in [6.45, 7) is 10.5. The van der Waals surface area contributed by atoms with E-state index in [0.29, 0.717) is 40.5 Å². The second-order valence-electron chi connectivity index (χ2n) is 11.1. The number of carbonyl (C=O) groups is 2. The van der Waals surface area contributed by atoms with Crippen molar-refractivity contribution in [2.75, 3.05) is 10.6 Å². The summed E-state index contributed by atoms with van der Waals surface area (Å²) < 4.78 is 11.4. The molecule has 1 aliphatic rings. The Hall–Kier alpha value is -3.68. The second-order valence-corrected chi connectivity index (χ2v) is 11.1. The summed E-state index contributed by atoms with van der Waals surface area (Å²) in [5.41, 5.74) is 1.63. The van der Waals surface area contributed by atoms with Gasteiger partial charge in [0.2, 0.25) is 0 Å². The number of ether oxygens (including phenoxy) is 1. The number of nitrogens with zero attached hydrogens (tertiary/aromatic N) is 2.